The van der Waals surface area contributed by atoms with Crippen molar-refractivity contribution in [2.24, 2.45) is 5.41 Å². The molecule has 0 bridgehead atoms. The van der Waals surface area contributed by atoms with Crippen LogP contribution in [0, 0.1) is 45.2 Å². The van der Waals surface area contributed by atoms with Crippen molar-refractivity contribution in [2.75, 3.05) is 0 Å². The molecule has 0 unspecified atom stereocenters. The molecule has 0 saturated heterocycles. The molecular formula is C47H48IrN4OSi-2. The van der Waals surface area contributed by atoms with E-state index in [4.69, 9.17) is 16.3 Å². The van der Waals surface area contributed by atoms with E-state index in [9.17, 15) is 0 Å². The summed E-state index contributed by atoms with van der Waals surface area (Å²) in [6, 6.07) is 35.6. The molecule has 0 aliphatic carbocycles. The Morgan fingerprint density at radius 2 is 1.63 bits per heavy atom. The molecule has 0 amide bonds. The maximum Gasteiger partial charge on any atom is 0.216 e. The van der Waals surface area contributed by atoms with Crippen LogP contribution in [0.3, 0.4) is 0 Å². The largest absolute Gasteiger partial charge is 0.486 e. The van der Waals surface area contributed by atoms with Gasteiger partial charge in [-0.2, -0.15) is 0 Å². The van der Waals surface area contributed by atoms with Crippen LogP contribution < -0.4 is 5.19 Å². The van der Waals surface area contributed by atoms with E-state index < -0.39 is 26.7 Å². The second-order valence-corrected chi connectivity index (χ2v) is 20.8. The summed E-state index contributed by atoms with van der Waals surface area (Å²) in [5.41, 5.74) is 10.3. The number of pyridine rings is 2. The van der Waals surface area contributed by atoms with E-state index in [1.807, 2.05) is 64.1 Å². The fraction of sp³-hybridized carbons (Fsp3) is 0.255. The van der Waals surface area contributed by atoms with Crippen LogP contribution in [0.15, 0.2) is 102 Å². The number of hydrogen-bond acceptors (Lipinski definition) is 4. The molecular weight excluding hydrogens is 857 g/mol. The van der Waals surface area contributed by atoms with Gasteiger partial charge in [0.25, 0.3) is 0 Å². The number of aryl methyl sites for hydroxylation is 4. The fourth-order valence-corrected chi connectivity index (χ4v) is 8.15. The summed E-state index contributed by atoms with van der Waals surface area (Å²) >= 11 is 0. The van der Waals surface area contributed by atoms with E-state index >= 15 is 0 Å². The van der Waals surface area contributed by atoms with Gasteiger partial charge >= 0.3 is 0 Å². The van der Waals surface area contributed by atoms with Gasteiger partial charge in [-0.15, -0.1) is 53.6 Å². The molecule has 277 valence electrons. The molecule has 4 aromatic carbocycles. The van der Waals surface area contributed by atoms with Crippen LogP contribution in [0.4, 0.5) is 0 Å². The molecule has 0 aliphatic heterocycles. The first-order valence-electron chi connectivity index (χ1n) is 20.5. The predicted molar refractivity (Wildman–Crippen MR) is 224 cm³/mol. The number of hydrogen-bond donors (Lipinski definition) is 0. The van der Waals surface area contributed by atoms with E-state index in [-0.39, 0.29) is 25.7 Å². The summed E-state index contributed by atoms with van der Waals surface area (Å²) in [5.74, 6) is 0.819. The van der Waals surface area contributed by atoms with Gasteiger partial charge in [0.2, 0.25) is 5.71 Å². The van der Waals surface area contributed by atoms with Gasteiger partial charge in [0.1, 0.15) is 0 Å². The van der Waals surface area contributed by atoms with Crippen molar-refractivity contribution < 1.29 is 31.4 Å². The number of benzene rings is 4. The number of fused-ring (bicyclic) bond motifs is 4. The van der Waals surface area contributed by atoms with Crippen molar-refractivity contribution >= 4 is 46.4 Å². The molecule has 5 nitrogen and oxygen atoms in total. The van der Waals surface area contributed by atoms with Crippen LogP contribution in [-0.2, 0) is 26.5 Å². The fourth-order valence-electron chi connectivity index (χ4n) is 6.75. The molecule has 0 spiro atoms. The Hall–Kier alpha value is -4.68. The zero-order valence-corrected chi connectivity index (χ0v) is 35.7. The van der Waals surface area contributed by atoms with Gasteiger partial charge in [-0.05, 0) is 78.8 Å². The average Bonchev–Trinajstić information content (AvgIpc) is 3.72. The molecule has 0 saturated carbocycles. The molecule has 0 fully saturated rings. The van der Waals surface area contributed by atoms with Gasteiger partial charge in [0.15, 0.2) is 0 Å². The van der Waals surface area contributed by atoms with Crippen LogP contribution in [0.1, 0.15) is 55.6 Å². The first kappa shape index (κ1) is 32.7. The molecule has 1 radical (unpaired) electrons. The van der Waals surface area contributed by atoms with E-state index in [1.165, 1.54) is 17.2 Å². The Kier molecular flexibility index (Phi) is 9.22. The molecule has 8 aromatic rings. The zero-order valence-electron chi connectivity index (χ0n) is 37.3. The van der Waals surface area contributed by atoms with E-state index in [0.29, 0.717) is 22.5 Å². The Labute approximate surface area is 341 Å². The minimum Gasteiger partial charge on any atom is -0.486 e. The number of imidazole rings is 1. The molecule has 0 N–H and O–H groups in total. The third-order valence-electron chi connectivity index (χ3n) is 9.20. The first-order valence-corrected chi connectivity index (χ1v) is 21.5. The summed E-state index contributed by atoms with van der Waals surface area (Å²) in [4.78, 5) is 14.2. The molecule has 0 atom stereocenters. The summed E-state index contributed by atoms with van der Waals surface area (Å²) < 4.78 is 48.5. The van der Waals surface area contributed by atoms with Crippen LogP contribution in [-0.4, -0.2) is 27.6 Å². The van der Waals surface area contributed by atoms with Crippen molar-refractivity contribution in [3.63, 3.8) is 0 Å². The smallest absolute Gasteiger partial charge is 0.216 e. The first-order chi connectivity index (χ1) is 27.2. The number of furan rings is 1. The zero-order chi connectivity index (χ0) is 41.9. The minimum absolute atomic E-state index is 0. The Morgan fingerprint density at radius 3 is 2.31 bits per heavy atom. The molecule has 8 rings (SSSR count). The van der Waals surface area contributed by atoms with Crippen LogP contribution in [0.25, 0.3) is 61.4 Å². The third-order valence-corrected chi connectivity index (χ3v) is 11.2. The average molecular weight is 910 g/mol. The monoisotopic (exact) mass is 910 g/mol. The topological polar surface area (TPSA) is 56.7 Å². The van der Waals surface area contributed by atoms with Crippen LogP contribution in [0.5, 0.6) is 0 Å². The quantitative estimate of drug-likeness (QED) is 0.128. The maximum atomic E-state index is 8.79. The maximum absolute atomic E-state index is 8.79. The summed E-state index contributed by atoms with van der Waals surface area (Å²) in [6.07, 6.45) is 0.269. The Balaban J connectivity index is 0.000000198. The van der Waals surface area contributed by atoms with Gasteiger partial charge in [0.05, 0.1) is 30.5 Å². The summed E-state index contributed by atoms with van der Waals surface area (Å²) in [7, 11) is -1.81. The van der Waals surface area contributed by atoms with Crippen molar-refractivity contribution in [3.8, 4) is 28.3 Å². The SMILES string of the molecule is Cc1ccc2c(n1)oc1c(-c3nc4ccccc4n3-c3c(C)cccc3C)[c-]ccc12.[2H]C([2H])([2H])c1c[c-]c(-c2cc(C([2H])([2H])C(C)(C)C)c([Si](C)(C)C)cn2)cc1.[Ir]. The molecule has 54 heavy (non-hydrogen) atoms. The van der Waals surface area contributed by atoms with Gasteiger partial charge in [-0.1, -0.05) is 100 Å². The molecule has 4 aromatic heterocycles. The molecule has 7 heteroatoms. The molecule has 4 heterocycles. The Bertz CT molecular complexity index is 2790. The predicted octanol–water partition coefficient (Wildman–Crippen LogP) is 11.7. The van der Waals surface area contributed by atoms with Gasteiger partial charge in [-0.3, -0.25) is 4.98 Å². The van der Waals surface area contributed by atoms with Crippen molar-refractivity contribution in [3.05, 3.63) is 137 Å². The van der Waals surface area contributed by atoms with Crippen LogP contribution >= 0.6 is 0 Å². The van der Waals surface area contributed by atoms with Gasteiger partial charge in [0, 0.05) is 49.9 Å². The van der Waals surface area contributed by atoms with Crippen LogP contribution in [0.2, 0.25) is 19.6 Å². The number of aromatic nitrogens is 4. The number of para-hydroxylation sites is 3. The van der Waals surface area contributed by atoms with Crippen molar-refractivity contribution in [1.82, 2.24) is 19.5 Å². The minimum atomic E-state index is -2.17. The Morgan fingerprint density at radius 1 is 0.870 bits per heavy atom. The number of rotatable bonds is 5. The van der Waals surface area contributed by atoms with Gasteiger partial charge < -0.3 is 14.0 Å². The van der Waals surface area contributed by atoms with E-state index in [0.717, 1.165) is 55.3 Å². The van der Waals surface area contributed by atoms with Crippen molar-refractivity contribution in [1.29, 1.82) is 0 Å². The number of nitrogens with zero attached hydrogens (tertiary/aromatic N) is 4. The van der Waals surface area contributed by atoms with E-state index in [1.54, 1.807) is 18.3 Å². The van der Waals surface area contributed by atoms with E-state index in [2.05, 4.69) is 96.6 Å². The second-order valence-electron chi connectivity index (χ2n) is 15.7. The van der Waals surface area contributed by atoms with Crippen molar-refractivity contribution in [2.45, 2.75) is 74.4 Å². The van der Waals surface area contributed by atoms with Gasteiger partial charge in [-0.25, -0.2) is 4.98 Å². The summed E-state index contributed by atoms with van der Waals surface area (Å²) in [6.45, 7) is 16.3. The normalized spacial score (nSPS) is 13.7. The second kappa shape index (κ2) is 15.2. The summed E-state index contributed by atoms with van der Waals surface area (Å²) in [5, 5.41) is 3.03. The standard InChI is InChI=1S/C27H20N3O.C20H28NSi.Ir/c1-16-8-6-9-17(2)24(16)30-23-13-5-4-12-22(23)29-26(30)21-11-7-10-19-20-15-14-18(3)28-27(20)31-25(19)21;1-15-8-10-16(11-9-15)18-12-17(13-20(2,3)4)19(14-21-18)22(5,6)7;/h4-10,12-15H,1-3H3;8-10,12,14H,13H2,1-7H3;/q2*-1;/i;1D3,13D2;. The third kappa shape index (κ3) is 7.90. The molecule has 0 aliphatic rings.